The van der Waals surface area contributed by atoms with E-state index in [2.05, 4.69) is 15.6 Å². The molecule has 33 heavy (non-hydrogen) atoms. The van der Waals surface area contributed by atoms with Crippen LogP contribution >= 0.6 is 0 Å². The molecule has 1 saturated carbocycles. The summed E-state index contributed by atoms with van der Waals surface area (Å²) in [6, 6.07) is 11.2. The molecule has 2 amide bonds. The maximum Gasteiger partial charge on any atom is 0.224 e. The molecule has 0 bridgehead atoms. The molecule has 4 atom stereocenters. The Morgan fingerprint density at radius 1 is 1.12 bits per heavy atom. The average Bonchev–Trinajstić information content (AvgIpc) is 3.56. The number of anilines is 1. The lowest BCUT2D eigenvalue weighted by molar-refractivity contribution is -0.142. The Kier molecular flexibility index (Phi) is 6.28. The molecule has 2 fully saturated rings. The molecule has 174 valence electrons. The van der Waals surface area contributed by atoms with Gasteiger partial charge in [-0.1, -0.05) is 6.07 Å². The van der Waals surface area contributed by atoms with Crippen LogP contribution in [-0.4, -0.2) is 46.8 Å². The van der Waals surface area contributed by atoms with Crippen molar-refractivity contribution >= 4 is 17.5 Å². The predicted molar refractivity (Wildman–Crippen MR) is 121 cm³/mol. The first-order chi connectivity index (χ1) is 16.1. The summed E-state index contributed by atoms with van der Waals surface area (Å²) in [6.07, 6.45) is 4.16. The van der Waals surface area contributed by atoms with Crippen molar-refractivity contribution in [3.63, 3.8) is 0 Å². The first-order valence-corrected chi connectivity index (χ1v) is 11.6. The Labute approximate surface area is 192 Å². The standard InChI is InChI=1S/C25H29N3O5/c29-14-22-25-20(11-18(32-22)12-23(30)27-13-17-3-1-2-8-26-17)19-10-16(6-7-21(19)33-25)28-24(31)9-15-4-5-15/h1-3,6-8,10,15,18,20,22,25,29H,4-5,9,11-14H2,(H,27,30)(H,28,31)/t18-,20+,22-,25-/m0/s1. The Bertz CT molecular complexity index is 1010. The van der Waals surface area contributed by atoms with Crippen LogP contribution < -0.4 is 15.4 Å². The van der Waals surface area contributed by atoms with Gasteiger partial charge in [0.05, 0.1) is 31.4 Å². The Morgan fingerprint density at radius 3 is 2.76 bits per heavy atom. The van der Waals surface area contributed by atoms with Gasteiger partial charge in [-0.3, -0.25) is 14.6 Å². The summed E-state index contributed by atoms with van der Waals surface area (Å²) < 4.78 is 12.1. The summed E-state index contributed by atoms with van der Waals surface area (Å²) in [5.74, 6) is 1.17. The van der Waals surface area contributed by atoms with Crippen molar-refractivity contribution in [3.05, 3.63) is 53.9 Å². The minimum Gasteiger partial charge on any atom is -0.487 e. The van der Waals surface area contributed by atoms with Gasteiger partial charge in [-0.25, -0.2) is 0 Å². The molecule has 8 heteroatoms. The first-order valence-electron chi connectivity index (χ1n) is 11.6. The number of nitrogens with zero attached hydrogens (tertiary/aromatic N) is 1. The van der Waals surface area contributed by atoms with Gasteiger partial charge in [-0.05, 0) is 55.5 Å². The van der Waals surface area contributed by atoms with Gasteiger partial charge in [0, 0.05) is 29.8 Å². The molecule has 0 spiro atoms. The second kappa shape index (κ2) is 9.49. The second-order valence-corrected chi connectivity index (χ2v) is 9.15. The number of fused-ring (bicyclic) bond motifs is 3. The van der Waals surface area contributed by atoms with E-state index in [0.717, 1.165) is 35.5 Å². The van der Waals surface area contributed by atoms with Crippen LogP contribution in [0.5, 0.6) is 5.75 Å². The van der Waals surface area contributed by atoms with Crippen LogP contribution in [-0.2, 0) is 20.9 Å². The van der Waals surface area contributed by atoms with Gasteiger partial charge in [0.2, 0.25) is 11.8 Å². The molecule has 1 aromatic carbocycles. The zero-order valence-electron chi connectivity index (χ0n) is 18.4. The maximum atomic E-state index is 12.5. The van der Waals surface area contributed by atoms with E-state index in [4.69, 9.17) is 9.47 Å². The quantitative estimate of drug-likeness (QED) is 0.569. The highest BCUT2D eigenvalue weighted by atomic mass is 16.6. The third-order valence-electron chi connectivity index (χ3n) is 6.56. The number of amides is 2. The highest BCUT2D eigenvalue weighted by molar-refractivity contribution is 5.91. The van der Waals surface area contributed by atoms with E-state index in [9.17, 15) is 14.7 Å². The molecule has 3 N–H and O–H groups in total. The summed E-state index contributed by atoms with van der Waals surface area (Å²) in [5, 5.41) is 15.8. The number of aromatic nitrogens is 1. The number of pyridine rings is 1. The van der Waals surface area contributed by atoms with Gasteiger partial charge in [-0.2, -0.15) is 0 Å². The predicted octanol–water partition coefficient (Wildman–Crippen LogP) is 2.52. The molecule has 1 aliphatic carbocycles. The largest absolute Gasteiger partial charge is 0.487 e. The third kappa shape index (κ3) is 5.17. The lowest BCUT2D eigenvalue weighted by atomic mass is 9.84. The highest BCUT2D eigenvalue weighted by Gasteiger charge is 2.46. The molecular weight excluding hydrogens is 422 g/mol. The molecular formula is C25H29N3O5. The average molecular weight is 452 g/mol. The van der Waals surface area contributed by atoms with Crippen molar-refractivity contribution in [1.29, 1.82) is 0 Å². The summed E-state index contributed by atoms with van der Waals surface area (Å²) in [6.45, 7) is 0.171. The first kappa shape index (κ1) is 21.9. The molecule has 1 aromatic heterocycles. The zero-order chi connectivity index (χ0) is 22.8. The van der Waals surface area contributed by atoms with Crippen molar-refractivity contribution in [2.45, 2.75) is 62.9 Å². The Hall–Kier alpha value is -2.97. The Balaban J connectivity index is 1.24. The number of nitrogens with one attached hydrogen (secondary N) is 2. The fourth-order valence-corrected chi connectivity index (χ4v) is 4.73. The van der Waals surface area contributed by atoms with Crippen LogP contribution in [0.4, 0.5) is 5.69 Å². The molecule has 2 aliphatic heterocycles. The van der Waals surface area contributed by atoms with E-state index in [1.165, 1.54) is 0 Å². The van der Waals surface area contributed by atoms with E-state index in [-0.39, 0.29) is 43.0 Å². The van der Waals surface area contributed by atoms with Gasteiger partial charge < -0.3 is 25.2 Å². The number of aliphatic hydroxyl groups is 1. The van der Waals surface area contributed by atoms with Crippen LogP contribution in [0.25, 0.3) is 0 Å². The van der Waals surface area contributed by atoms with Gasteiger partial charge in [0.25, 0.3) is 0 Å². The highest BCUT2D eigenvalue weighted by Crippen LogP contribution is 2.47. The summed E-state index contributed by atoms with van der Waals surface area (Å²) in [4.78, 5) is 29.0. The molecule has 5 rings (SSSR count). The minimum absolute atomic E-state index is 0.0141. The zero-order valence-corrected chi connectivity index (χ0v) is 18.4. The fourth-order valence-electron chi connectivity index (χ4n) is 4.73. The van der Waals surface area contributed by atoms with E-state index < -0.39 is 6.10 Å². The smallest absolute Gasteiger partial charge is 0.224 e. The molecule has 2 aromatic rings. The number of hydrogen-bond acceptors (Lipinski definition) is 6. The van der Waals surface area contributed by atoms with Crippen LogP contribution in [0.15, 0.2) is 42.6 Å². The molecule has 8 nitrogen and oxygen atoms in total. The normalized spacial score (nSPS) is 25.5. The van der Waals surface area contributed by atoms with Gasteiger partial charge in [0.1, 0.15) is 18.0 Å². The molecule has 0 unspecified atom stereocenters. The van der Waals surface area contributed by atoms with E-state index in [0.29, 0.717) is 25.3 Å². The molecule has 0 radical (unpaired) electrons. The number of aliphatic hydroxyl groups excluding tert-OH is 1. The number of hydrogen-bond donors (Lipinski definition) is 3. The SMILES string of the molecule is O=C(C[C@@H]1C[C@@H]2c3cc(NC(=O)CC4CC4)ccc3O[C@@H]2[C@H](CO)O1)NCc1ccccn1. The van der Waals surface area contributed by atoms with Crippen LogP contribution in [0, 0.1) is 5.92 Å². The summed E-state index contributed by atoms with van der Waals surface area (Å²) >= 11 is 0. The number of rotatable bonds is 8. The number of carbonyl (C=O) groups is 2. The summed E-state index contributed by atoms with van der Waals surface area (Å²) in [5.41, 5.74) is 2.53. The van der Waals surface area contributed by atoms with Gasteiger partial charge in [0.15, 0.2) is 0 Å². The van der Waals surface area contributed by atoms with Crippen molar-refractivity contribution in [2.75, 3.05) is 11.9 Å². The fraction of sp³-hybridized carbons (Fsp3) is 0.480. The van der Waals surface area contributed by atoms with Crippen LogP contribution in [0.2, 0.25) is 0 Å². The minimum atomic E-state index is -0.516. The van der Waals surface area contributed by atoms with Gasteiger partial charge in [-0.15, -0.1) is 0 Å². The number of carbonyl (C=O) groups excluding carboxylic acids is 2. The lowest BCUT2D eigenvalue weighted by Crippen LogP contribution is -2.47. The molecule has 3 heterocycles. The topological polar surface area (TPSA) is 110 Å². The third-order valence-corrected chi connectivity index (χ3v) is 6.56. The van der Waals surface area contributed by atoms with E-state index in [1.54, 1.807) is 6.20 Å². The monoisotopic (exact) mass is 451 g/mol. The van der Waals surface area contributed by atoms with Crippen molar-refractivity contribution < 1.29 is 24.2 Å². The maximum absolute atomic E-state index is 12.5. The van der Waals surface area contributed by atoms with E-state index >= 15 is 0 Å². The number of ether oxygens (including phenoxy) is 2. The lowest BCUT2D eigenvalue weighted by Gasteiger charge is -2.37. The summed E-state index contributed by atoms with van der Waals surface area (Å²) in [7, 11) is 0. The number of benzene rings is 1. The molecule has 1 saturated heterocycles. The second-order valence-electron chi connectivity index (χ2n) is 9.15. The van der Waals surface area contributed by atoms with Crippen molar-refractivity contribution in [3.8, 4) is 5.75 Å². The van der Waals surface area contributed by atoms with Crippen molar-refractivity contribution in [2.24, 2.45) is 5.92 Å². The Morgan fingerprint density at radius 2 is 2.00 bits per heavy atom. The van der Waals surface area contributed by atoms with E-state index in [1.807, 2.05) is 36.4 Å². The molecule has 3 aliphatic rings. The van der Waals surface area contributed by atoms with Crippen LogP contribution in [0.1, 0.15) is 49.3 Å². The van der Waals surface area contributed by atoms with Crippen LogP contribution in [0.3, 0.4) is 0 Å². The van der Waals surface area contributed by atoms with Crippen molar-refractivity contribution in [1.82, 2.24) is 10.3 Å². The van der Waals surface area contributed by atoms with Gasteiger partial charge >= 0.3 is 0 Å².